The van der Waals surface area contributed by atoms with E-state index in [-0.39, 0.29) is 17.1 Å². The molecule has 8 heteroatoms. The SMILES string of the molecule is CCCCCCCCCCCCCCCCC/C(C)=N/Nc1ccc([N+](=O)[O-])cc1[N+](=O)[O-]. The second-order valence-corrected chi connectivity index (χ2v) is 8.87. The van der Waals surface area contributed by atoms with E-state index >= 15 is 0 Å². The number of nitro groups is 2. The van der Waals surface area contributed by atoms with Gasteiger partial charge in [-0.2, -0.15) is 5.10 Å². The van der Waals surface area contributed by atoms with Crippen LogP contribution in [0.15, 0.2) is 23.3 Å². The quantitative estimate of drug-likeness (QED) is 0.0902. The third kappa shape index (κ3) is 13.6. The first kappa shape index (κ1) is 28.5. The van der Waals surface area contributed by atoms with Crippen molar-refractivity contribution in [2.75, 3.05) is 5.43 Å². The summed E-state index contributed by atoms with van der Waals surface area (Å²) in [7, 11) is 0. The summed E-state index contributed by atoms with van der Waals surface area (Å²) in [5, 5.41) is 26.2. The van der Waals surface area contributed by atoms with E-state index < -0.39 is 9.85 Å². The fourth-order valence-electron chi connectivity index (χ4n) is 3.84. The highest BCUT2D eigenvalue weighted by Gasteiger charge is 2.19. The van der Waals surface area contributed by atoms with Crippen LogP contribution in [0.1, 0.15) is 117 Å². The number of nitrogens with one attached hydrogen (secondary N) is 1. The molecule has 0 fully saturated rings. The number of nitrogens with zero attached hydrogens (tertiary/aromatic N) is 3. The topological polar surface area (TPSA) is 111 Å². The number of benzene rings is 1. The Hall–Kier alpha value is -2.51. The van der Waals surface area contributed by atoms with Crippen molar-refractivity contribution >= 4 is 22.8 Å². The zero-order valence-corrected chi connectivity index (χ0v) is 20.5. The Balaban J connectivity index is 2.10. The van der Waals surface area contributed by atoms with Gasteiger partial charge in [-0.3, -0.25) is 25.7 Å². The molecule has 8 nitrogen and oxygen atoms in total. The van der Waals surface area contributed by atoms with E-state index in [2.05, 4.69) is 17.5 Å². The minimum Gasteiger partial charge on any atom is -0.272 e. The predicted molar refractivity (Wildman–Crippen MR) is 136 cm³/mol. The highest BCUT2D eigenvalue weighted by atomic mass is 16.6. The minimum atomic E-state index is -0.651. The Morgan fingerprint density at radius 2 is 1.27 bits per heavy atom. The molecule has 0 amide bonds. The molecule has 0 saturated carbocycles. The van der Waals surface area contributed by atoms with Gasteiger partial charge in [0, 0.05) is 11.8 Å². The average Bonchev–Trinajstić information content (AvgIpc) is 2.79. The molecule has 0 heterocycles. The first-order valence-electron chi connectivity index (χ1n) is 12.7. The van der Waals surface area contributed by atoms with Crippen molar-refractivity contribution < 1.29 is 9.85 Å². The summed E-state index contributed by atoms with van der Waals surface area (Å²) >= 11 is 0. The molecule has 0 radical (unpaired) electrons. The van der Waals surface area contributed by atoms with Crippen molar-refractivity contribution in [1.29, 1.82) is 0 Å². The number of unbranched alkanes of at least 4 members (excludes halogenated alkanes) is 14. The fourth-order valence-corrected chi connectivity index (χ4v) is 3.84. The summed E-state index contributed by atoms with van der Waals surface area (Å²) in [6.07, 6.45) is 20.6. The van der Waals surface area contributed by atoms with Crippen LogP contribution in [-0.2, 0) is 0 Å². The van der Waals surface area contributed by atoms with E-state index in [4.69, 9.17) is 0 Å². The Labute approximate surface area is 198 Å². The number of rotatable bonds is 20. The van der Waals surface area contributed by atoms with Crippen molar-refractivity contribution in [3.8, 4) is 0 Å². The second-order valence-electron chi connectivity index (χ2n) is 8.87. The summed E-state index contributed by atoms with van der Waals surface area (Å²) in [6, 6.07) is 3.50. The van der Waals surface area contributed by atoms with Crippen molar-refractivity contribution in [3.05, 3.63) is 38.4 Å². The number of hydrogen-bond donors (Lipinski definition) is 1. The van der Waals surface area contributed by atoms with Crippen molar-refractivity contribution in [2.45, 2.75) is 117 Å². The summed E-state index contributed by atoms with van der Waals surface area (Å²) in [4.78, 5) is 20.7. The van der Waals surface area contributed by atoms with Crippen LogP contribution in [0.2, 0.25) is 0 Å². The monoisotopic (exact) mass is 462 g/mol. The van der Waals surface area contributed by atoms with E-state index in [0.717, 1.165) is 31.0 Å². The number of hydrogen-bond acceptors (Lipinski definition) is 6. The zero-order valence-electron chi connectivity index (χ0n) is 20.5. The molecule has 1 aromatic rings. The zero-order chi connectivity index (χ0) is 24.3. The molecule has 0 aliphatic rings. The molecule has 186 valence electrons. The number of hydrazone groups is 1. The molecule has 33 heavy (non-hydrogen) atoms. The Morgan fingerprint density at radius 1 is 0.788 bits per heavy atom. The average molecular weight is 463 g/mol. The highest BCUT2D eigenvalue weighted by molar-refractivity contribution is 5.83. The molecule has 1 aromatic carbocycles. The highest BCUT2D eigenvalue weighted by Crippen LogP contribution is 2.29. The van der Waals surface area contributed by atoms with Gasteiger partial charge in [-0.15, -0.1) is 0 Å². The summed E-state index contributed by atoms with van der Waals surface area (Å²) in [6.45, 7) is 4.14. The van der Waals surface area contributed by atoms with Gasteiger partial charge in [0.1, 0.15) is 5.69 Å². The molecule has 0 saturated heterocycles. The second kappa shape index (κ2) is 18.0. The summed E-state index contributed by atoms with van der Waals surface area (Å²) in [5.74, 6) is 0. The summed E-state index contributed by atoms with van der Waals surface area (Å²) in [5.41, 5.74) is 3.03. The first-order chi connectivity index (χ1) is 16.0. The van der Waals surface area contributed by atoms with Crippen LogP contribution in [0.3, 0.4) is 0 Å². The minimum absolute atomic E-state index is 0.154. The molecule has 0 unspecified atom stereocenters. The van der Waals surface area contributed by atoms with Gasteiger partial charge in [0.05, 0.1) is 15.9 Å². The lowest BCUT2D eigenvalue weighted by Crippen LogP contribution is -2.01. The molecule has 0 aliphatic heterocycles. The lowest BCUT2D eigenvalue weighted by molar-refractivity contribution is -0.393. The molecule has 0 spiro atoms. The number of anilines is 1. The van der Waals surface area contributed by atoms with E-state index in [0.29, 0.717) is 0 Å². The van der Waals surface area contributed by atoms with Crippen molar-refractivity contribution in [2.24, 2.45) is 5.10 Å². The van der Waals surface area contributed by atoms with Gasteiger partial charge in [0.2, 0.25) is 0 Å². The van der Waals surface area contributed by atoms with Gasteiger partial charge in [-0.05, 0) is 25.8 Å². The van der Waals surface area contributed by atoms with Crippen LogP contribution in [0.5, 0.6) is 0 Å². The third-order valence-electron chi connectivity index (χ3n) is 5.90. The van der Waals surface area contributed by atoms with E-state index in [1.807, 2.05) is 6.92 Å². The molecule has 1 N–H and O–H groups in total. The lowest BCUT2D eigenvalue weighted by Gasteiger charge is -2.05. The molecular formula is C25H42N4O4. The van der Waals surface area contributed by atoms with Crippen LogP contribution in [0.4, 0.5) is 17.1 Å². The molecule has 0 atom stereocenters. The lowest BCUT2D eigenvalue weighted by atomic mass is 10.0. The van der Waals surface area contributed by atoms with Gasteiger partial charge >= 0.3 is 5.69 Å². The van der Waals surface area contributed by atoms with Crippen molar-refractivity contribution in [1.82, 2.24) is 0 Å². The largest absolute Gasteiger partial charge is 0.301 e. The molecule has 1 rings (SSSR count). The van der Waals surface area contributed by atoms with Gasteiger partial charge in [0.15, 0.2) is 0 Å². The van der Waals surface area contributed by atoms with Gasteiger partial charge < -0.3 is 0 Å². The van der Waals surface area contributed by atoms with Gasteiger partial charge in [-0.1, -0.05) is 96.8 Å². The van der Waals surface area contributed by atoms with Gasteiger partial charge in [-0.25, -0.2) is 0 Å². The Bertz CT molecular complexity index is 737. The normalized spacial score (nSPS) is 11.5. The van der Waals surface area contributed by atoms with E-state index in [1.54, 1.807) is 0 Å². The Kier molecular flexibility index (Phi) is 15.5. The Morgan fingerprint density at radius 3 is 1.73 bits per heavy atom. The molecular weight excluding hydrogens is 420 g/mol. The third-order valence-corrected chi connectivity index (χ3v) is 5.90. The fraction of sp³-hybridized carbons (Fsp3) is 0.720. The standard InChI is InChI=1S/C25H42N4O4/c1-3-4-5-6-7-8-9-10-11-12-13-14-15-16-17-18-22(2)26-27-24-20-19-23(28(30)31)21-25(24)29(32)33/h19-21,27H,3-18H2,1-2H3/b26-22+. The van der Waals surface area contributed by atoms with Crippen LogP contribution in [-0.4, -0.2) is 15.6 Å². The van der Waals surface area contributed by atoms with Crippen LogP contribution < -0.4 is 5.43 Å². The smallest absolute Gasteiger partial charge is 0.272 e. The maximum absolute atomic E-state index is 11.2. The molecule has 0 bridgehead atoms. The van der Waals surface area contributed by atoms with Crippen LogP contribution in [0.25, 0.3) is 0 Å². The van der Waals surface area contributed by atoms with Crippen molar-refractivity contribution in [3.63, 3.8) is 0 Å². The molecule has 0 aromatic heterocycles. The van der Waals surface area contributed by atoms with Crippen LogP contribution in [0, 0.1) is 20.2 Å². The number of non-ortho nitro benzene ring substituents is 1. The number of nitro benzene ring substituents is 2. The first-order valence-corrected chi connectivity index (χ1v) is 12.7. The van der Waals surface area contributed by atoms with Crippen LogP contribution >= 0.6 is 0 Å². The van der Waals surface area contributed by atoms with E-state index in [9.17, 15) is 20.2 Å². The molecule has 0 aliphatic carbocycles. The maximum atomic E-state index is 11.2. The predicted octanol–water partition coefficient (Wildman–Crippen LogP) is 8.55. The maximum Gasteiger partial charge on any atom is 0.301 e. The van der Waals surface area contributed by atoms with Gasteiger partial charge in [0.25, 0.3) is 5.69 Å². The summed E-state index contributed by atoms with van der Waals surface area (Å²) < 4.78 is 0. The van der Waals surface area contributed by atoms with E-state index in [1.165, 1.54) is 95.6 Å².